The van der Waals surface area contributed by atoms with E-state index in [-0.39, 0.29) is 12.6 Å². The Morgan fingerprint density at radius 2 is 1.88 bits per heavy atom. The molecule has 0 bridgehead atoms. The molecule has 0 aliphatic rings. The molecule has 1 aromatic carbocycles. The summed E-state index contributed by atoms with van der Waals surface area (Å²) in [6, 6.07) is 9.82. The fourth-order valence-electron chi connectivity index (χ4n) is 1.38. The van der Waals surface area contributed by atoms with Crippen molar-refractivity contribution in [3.63, 3.8) is 0 Å². The van der Waals surface area contributed by atoms with Crippen molar-refractivity contribution in [3.8, 4) is 0 Å². The van der Waals surface area contributed by atoms with Crippen LogP contribution < -0.4 is 5.32 Å². The molecule has 0 saturated carbocycles. The molecular formula is C12H18F2N2. The second kappa shape index (κ2) is 6.43. The van der Waals surface area contributed by atoms with Crippen molar-refractivity contribution in [1.29, 1.82) is 0 Å². The summed E-state index contributed by atoms with van der Waals surface area (Å²) < 4.78 is 24.3. The highest BCUT2D eigenvalue weighted by Crippen LogP contribution is 2.07. The predicted octanol–water partition coefficient (Wildman–Crippen LogP) is 2.68. The van der Waals surface area contributed by atoms with Gasteiger partial charge in [-0.05, 0) is 26.1 Å². The van der Waals surface area contributed by atoms with Crippen LogP contribution in [0.1, 0.15) is 6.92 Å². The van der Waals surface area contributed by atoms with Crippen molar-refractivity contribution >= 4 is 5.69 Å². The SMILES string of the molecule is CC(CNc1ccccc1)N(C)CC(F)F. The molecule has 0 amide bonds. The van der Waals surface area contributed by atoms with Crippen LogP contribution >= 0.6 is 0 Å². The van der Waals surface area contributed by atoms with Crippen LogP contribution in [0, 0.1) is 0 Å². The summed E-state index contributed by atoms with van der Waals surface area (Å²) in [5, 5.41) is 3.21. The first-order valence-electron chi connectivity index (χ1n) is 5.37. The third-order valence-corrected chi connectivity index (χ3v) is 2.55. The number of anilines is 1. The van der Waals surface area contributed by atoms with Crippen molar-refractivity contribution in [1.82, 2.24) is 4.90 Å². The van der Waals surface area contributed by atoms with Gasteiger partial charge in [-0.25, -0.2) is 8.78 Å². The summed E-state index contributed by atoms with van der Waals surface area (Å²) in [5.41, 5.74) is 1.01. The van der Waals surface area contributed by atoms with Gasteiger partial charge < -0.3 is 5.32 Å². The lowest BCUT2D eigenvalue weighted by Gasteiger charge is -2.24. The molecule has 0 aliphatic heterocycles. The molecule has 1 N–H and O–H groups in total. The first kappa shape index (κ1) is 12.9. The van der Waals surface area contributed by atoms with E-state index in [2.05, 4.69) is 5.32 Å². The highest BCUT2D eigenvalue weighted by molar-refractivity contribution is 5.42. The number of nitrogens with zero attached hydrogens (tertiary/aromatic N) is 1. The minimum absolute atomic E-state index is 0.0780. The summed E-state index contributed by atoms with van der Waals surface area (Å²) in [6.07, 6.45) is -2.27. The van der Waals surface area contributed by atoms with Gasteiger partial charge in [-0.3, -0.25) is 4.90 Å². The third-order valence-electron chi connectivity index (χ3n) is 2.55. The first-order chi connectivity index (χ1) is 7.59. The van der Waals surface area contributed by atoms with E-state index in [0.29, 0.717) is 6.54 Å². The smallest absolute Gasteiger partial charge is 0.251 e. The van der Waals surface area contributed by atoms with Gasteiger partial charge in [-0.1, -0.05) is 18.2 Å². The zero-order valence-corrected chi connectivity index (χ0v) is 9.66. The molecule has 1 unspecified atom stereocenters. The number of halogens is 2. The molecule has 0 aromatic heterocycles. The summed E-state index contributed by atoms with van der Waals surface area (Å²) >= 11 is 0. The number of nitrogens with one attached hydrogen (secondary N) is 1. The molecule has 2 nitrogen and oxygen atoms in total. The summed E-state index contributed by atoms with van der Waals surface area (Å²) in [6.45, 7) is 2.41. The van der Waals surface area contributed by atoms with Gasteiger partial charge in [0.05, 0.1) is 6.54 Å². The molecule has 1 aromatic rings. The topological polar surface area (TPSA) is 15.3 Å². The van der Waals surface area contributed by atoms with Crippen LogP contribution in [0.4, 0.5) is 14.5 Å². The number of rotatable bonds is 6. The maximum Gasteiger partial charge on any atom is 0.251 e. The molecule has 1 atom stereocenters. The number of hydrogen-bond acceptors (Lipinski definition) is 2. The van der Waals surface area contributed by atoms with Gasteiger partial charge in [0, 0.05) is 18.3 Å². The zero-order chi connectivity index (χ0) is 12.0. The molecular weight excluding hydrogens is 210 g/mol. The largest absolute Gasteiger partial charge is 0.383 e. The van der Waals surface area contributed by atoms with Crippen molar-refractivity contribution in [2.24, 2.45) is 0 Å². The van der Waals surface area contributed by atoms with Crippen molar-refractivity contribution in [3.05, 3.63) is 30.3 Å². The number of para-hydroxylation sites is 1. The molecule has 0 saturated heterocycles. The molecule has 0 radical (unpaired) electrons. The van der Waals surface area contributed by atoms with Crippen molar-refractivity contribution < 1.29 is 8.78 Å². The van der Waals surface area contributed by atoms with E-state index in [4.69, 9.17) is 0 Å². The average molecular weight is 228 g/mol. The Morgan fingerprint density at radius 1 is 1.25 bits per heavy atom. The van der Waals surface area contributed by atoms with Crippen LogP contribution in [0.25, 0.3) is 0 Å². The van der Waals surface area contributed by atoms with E-state index in [1.165, 1.54) is 0 Å². The van der Waals surface area contributed by atoms with Gasteiger partial charge in [0.25, 0.3) is 6.43 Å². The Kier molecular flexibility index (Phi) is 5.19. The minimum Gasteiger partial charge on any atom is -0.383 e. The second-order valence-electron chi connectivity index (χ2n) is 3.93. The Morgan fingerprint density at radius 3 is 2.44 bits per heavy atom. The molecule has 0 aliphatic carbocycles. The van der Waals surface area contributed by atoms with E-state index >= 15 is 0 Å². The van der Waals surface area contributed by atoms with Gasteiger partial charge in [0.2, 0.25) is 0 Å². The van der Waals surface area contributed by atoms with Crippen LogP contribution in [0.5, 0.6) is 0 Å². The highest BCUT2D eigenvalue weighted by Gasteiger charge is 2.13. The Balaban J connectivity index is 2.32. The monoisotopic (exact) mass is 228 g/mol. The quantitative estimate of drug-likeness (QED) is 0.805. The molecule has 0 heterocycles. The molecule has 90 valence electrons. The van der Waals surface area contributed by atoms with E-state index in [9.17, 15) is 8.78 Å². The van der Waals surface area contributed by atoms with E-state index in [1.54, 1.807) is 11.9 Å². The fourth-order valence-corrected chi connectivity index (χ4v) is 1.38. The third kappa shape index (κ3) is 4.57. The molecule has 1 rings (SSSR count). The number of likely N-dealkylation sites (N-methyl/N-ethyl adjacent to an activating group) is 1. The Labute approximate surface area is 95.3 Å². The lowest BCUT2D eigenvalue weighted by Crippen LogP contribution is -2.37. The normalized spacial score (nSPS) is 13.1. The lowest BCUT2D eigenvalue weighted by atomic mass is 10.2. The standard InChI is InChI=1S/C12H18F2N2/c1-10(16(2)9-12(13)14)8-15-11-6-4-3-5-7-11/h3-7,10,12,15H,8-9H2,1-2H3. The van der Waals surface area contributed by atoms with Crippen LogP contribution in [0.2, 0.25) is 0 Å². The van der Waals surface area contributed by atoms with E-state index in [1.807, 2.05) is 37.3 Å². The van der Waals surface area contributed by atoms with Crippen molar-refractivity contribution in [2.45, 2.75) is 19.4 Å². The number of benzene rings is 1. The Bertz CT molecular complexity index is 290. The molecule has 0 spiro atoms. The van der Waals surface area contributed by atoms with E-state index in [0.717, 1.165) is 5.69 Å². The van der Waals surface area contributed by atoms with Crippen LogP contribution in [0.3, 0.4) is 0 Å². The van der Waals surface area contributed by atoms with Gasteiger partial charge >= 0.3 is 0 Å². The zero-order valence-electron chi connectivity index (χ0n) is 9.66. The molecule has 4 heteroatoms. The van der Waals surface area contributed by atoms with Gasteiger partial charge in [-0.2, -0.15) is 0 Å². The Hall–Kier alpha value is -1.16. The predicted molar refractivity (Wildman–Crippen MR) is 63.0 cm³/mol. The summed E-state index contributed by atoms with van der Waals surface area (Å²) in [7, 11) is 1.71. The van der Waals surface area contributed by atoms with Gasteiger partial charge in [-0.15, -0.1) is 0 Å². The fraction of sp³-hybridized carbons (Fsp3) is 0.500. The first-order valence-corrected chi connectivity index (χ1v) is 5.37. The summed E-state index contributed by atoms with van der Waals surface area (Å²) in [5.74, 6) is 0. The van der Waals surface area contributed by atoms with Crippen LogP contribution in [0.15, 0.2) is 30.3 Å². The lowest BCUT2D eigenvalue weighted by molar-refractivity contribution is 0.0866. The second-order valence-corrected chi connectivity index (χ2v) is 3.93. The van der Waals surface area contributed by atoms with Crippen LogP contribution in [-0.4, -0.2) is 37.5 Å². The van der Waals surface area contributed by atoms with Crippen molar-refractivity contribution in [2.75, 3.05) is 25.5 Å². The summed E-state index contributed by atoms with van der Waals surface area (Å²) in [4.78, 5) is 1.65. The minimum atomic E-state index is -2.27. The average Bonchev–Trinajstić information content (AvgIpc) is 2.26. The van der Waals surface area contributed by atoms with Crippen LogP contribution in [-0.2, 0) is 0 Å². The van der Waals surface area contributed by atoms with Gasteiger partial charge in [0.1, 0.15) is 0 Å². The number of hydrogen-bond donors (Lipinski definition) is 1. The molecule has 0 fully saturated rings. The highest BCUT2D eigenvalue weighted by atomic mass is 19.3. The van der Waals surface area contributed by atoms with E-state index < -0.39 is 6.43 Å². The van der Waals surface area contributed by atoms with Gasteiger partial charge in [0.15, 0.2) is 0 Å². The molecule has 16 heavy (non-hydrogen) atoms. The maximum absolute atomic E-state index is 12.1. The maximum atomic E-state index is 12.1. The number of alkyl halides is 2.